The molecular formula is C25H45N5OS. The summed E-state index contributed by atoms with van der Waals surface area (Å²) in [6.07, 6.45) is 11.9. The van der Waals surface area contributed by atoms with Gasteiger partial charge in [0, 0.05) is 42.8 Å². The summed E-state index contributed by atoms with van der Waals surface area (Å²) in [6, 6.07) is 4.17. The zero-order valence-corrected chi connectivity index (χ0v) is 22.2. The van der Waals surface area contributed by atoms with Gasteiger partial charge in [0.15, 0.2) is 0 Å². The molecule has 2 aliphatic rings. The van der Waals surface area contributed by atoms with Crippen molar-refractivity contribution in [2.24, 2.45) is 0 Å². The molecule has 1 saturated heterocycles. The molecule has 2 aromatic rings. The fourth-order valence-corrected chi connectivity index (χ4v) is 4.74. The number of piperidine rings is 1. The highest BCUT2D eigenvalue weighted by Crippen LogP contribution is 2.29. The number of hydrogen-bond acceptors (Lipinski definition) is 6. The molecule has 2 fully saturated rings. The monoisotopic (exact) mass is 463 g/mol. The zero-order valence-electron chi connectivity index (χ0n) is 21.4. The van der Waals surface area contributed by atoms with Crippen LogP contribution in [0.5, 0.6) is 0 Å². The maximum absolute atomic E-state index is 12.6. The molecule has 1 aliphatic carbocycles. The molecule has 0 aromatic carbocycles. The predicted molar refractivity (Wildman–Crippen MR) is 142 cm³/mol. The third kappa shape index (κ3) is 7.77. The van der Waals surface area contributed by atoms with Crippen molar-refractivity contribution < 1.29 is 0 Å². The highest BCUT2D eigenvalue weighted by Gasteiger charge is 2.21. The molecular weight excluding hydrogens is 418 g/mol. The Morgan fingerprint density at radius 3 is 2.16 bits per heavy atom. The van der Waals surface area contributed by atoms with E-state index >= 15 is 0 Å². The van der Waals surface area contributed by atoms with Gasteiger partial charge in [0.05, 0.1) is 0 Å². The van der Waals surface area contributed by atoms with Gasteiger partial charge >= 0.3 is 0 Å². The highest BCUT2D eigenvalue weighted by molar-refractivity contribution is 7.96. The van der Waals surface area contributed by atoms with E-state index in [4.69, 9.17) is 4.98 Å². The third-order valence-electron chi connectivity index (χ3n) is 5.65. The Morgan fingerprint density at radius 1 is 0.938 bits per heavy atom. The van der Waals surface area contributed by atoms with E-state index in [-0.39, 0.29) is 11.6 Å². The van der Waals surface area contributed by atoms with Gasteiger partial charge in [-0.2, -0.15) is 4.98 Å². The SMILES string of the molecule is CC.CC.CC.CSN1CCC(Nc2ncc3ccc(=O)n(C4CCCCC4)c3n2)CC1. The first-order valence-electron chi connectivity index (χ1n) is 12.7. The minimum absolute atomic E-state index is 0.0577. The summed E-state index contributed by atoms with van der Waals surface area (Å²) < 4.78 is 4.30. The van der Waals surface area contributed by atoms with Crippen LogP contribution in [-0.2, 0) is 0 Å². The highest BCUT2D eigenvalue weighted by atomic mass is 32.2. The fraction of sp³-hybridized carbons (Fsp3) is 0.720. The lowest BCUT2D eigenvalue weighted by molar-refractivity contribution is 0.352. The summed E-state index contributed by atoms with van der Waals surface area (Å²) in [5.41, 5.74) is 0.839. The van der Waals surface area contributed by atoms with Gasteiger partial charge in [0.2, 0.25) is 5.95 Å². The molecule has 0 amide bonds. The lowest BCUT2D eigenvalue weighted by atomic mass is 9.95. The number of hydrogen-bond donors (Lipinski definition) is 1. The molecule has 1 N–H and O–H groups in total. The van der Waals surface area contributed by atoms with Crippen LogP contribution in [0, 0.1) is 0 Å². The van der Waals surface area contributed by atoms with Crippen LogP contribution in [0.4, 0.5) is 5.95 Å². The van der Waals surface area contributed by atoms with Crippen molar-refractivity contribution in [3.63, 3.8) is 0 Å². The Labute approximate surface area is 199 Å². The topological polar surface area (TPSA) is 63.1 Å². The summed E-state index contributed by atoms with van der Waals surface area (Å²) in [5.74, 6) is 0.648. The van der Waals surface area contributed by atoms with Crippen LogP contribution in [0.1, 0.15) is 92.5 Å². The first kappa shape index (κ1) is 28.4. The first-order chi connectivity index (χ1) is 15.7. The third-order valence-corrected chi connectivity index (χ3v) is 6.53. The lowest BCUT2D eigenvalue weighted by Gasteiger charge is -2.30. The summed E-state index contributed by atoms with van der Waals surface area (Å²) >= 11 is 1.81. The van der Waals surface area contributed by atoms with Crippen molar-refractivity contribution in [1.29, 1.82) is 0 Å². The Balaban J connectivity index is 0.000000789. The lowest BCUT2D eigenvalue weighted by Crippen LogP contribution is -2.35. The van der Waals surface area contributed by atoms with Crippen LogP contribution >= 0.6 is 11.9 Å². The molecule has 6 nitrogen and oxygen atoms in total. The van der Waals surface area contributed by atoms with Crippen LogP contribution in [0.2, 0.25) is 0 Å². The second-order valence-electron chi connectivity index (χ2n) is 7.34. The van der Waals surface area contributed by atoms with Gasteiger partial charge in [-0.1, -0.05) is 72.8 Å². The molecule has 32 heavy (non-hydrogen) atoms. The normalized spacial score (nSPS) is 17.2. The van der Waals surface area contributed by atoms with Crippen LogP contribution in [0.25, 0.3) is 11.0 Å². The number of pyridine rings is 1. The van der Waals surface area contributed by atoms with Gasteiger partial charge in [-0.05, 0) is 38.0 Å². The quantitative estimate of drug-likeness (QED) is 0.520. The van der Waals surface area contributed by atoms with E-state index < -0.39 is 0 Å². The predicted octanol–water partition coefficient (Wildman–Crippen LogP) is 6.53. The van der Waals surface area contributed by atoms with E-state index in [0.29, 0.717) is 12.0 Å². The molecule has 4 rings (SSSR count). The van der Waals surface area contributed by atoms with Crippen molar-refractivity contribution in [2.45, 2.75) is 98.6 Å². The maximum Gasteiger partial charge on any atom is 0.252 e. The summed E-state index contributed by atoms with van der Waals surface area (Å²) in [6.45, 7) is 14.2. The Bertz CT molecular complexity index is 812. The molecule has 1 aliphatic heterocycles. The van der Waals surface area contributed by atoms with Crippen molar-refractivity contribution in [3.8, 4) is 0 Å². The van der Waals surface area contributed by atoms with E-state index in [1.54, 1.807) is 6.07 Å². The minimum Gasteiger partial charge on any atom is -0.351 e. The largest absolute Gasteiger partial charge is 0.351 e. The molecule has 0 atom stereocenters. The standard InChI is InChI=1S/C19H27N5OS.3C2H6/c1-26-23-11-9-15(10-12-23)21-19-20-13-14-7-8-17(25)24(18(14)22-19)16-5-3-2-4-6-16;3*1-2/h7-8,13,15-16H,2-6,9-12H2,1H3,(H,20,21,22);3*1-2H3. The molecule has 2 aromatic heterocycles. The molecule has 0 radical (unpaired) electrons. The summed E-state index contributed by atoms with van der Waals surface area (Å²) in [5, 5.41) is 4.44. The molecule has 0 bridgehead atoms. The number of fused-ring (bicyclic) bond motifs is 1. The molecule has 182 valence electrons. The Hall–Kier alpha value is -1.60. The van der Waals surface area contributed by atoms with Gasteiger partial charge in [0.1, 0.15) is 5.65 Å². The molecule has 1 saturated carbocycles. The van der Waals surface area contributed by atoms with Gasteiger partial charge < -0.3 is 5.32 Å². The van der Waals surface area contributed by atoms with Crippen LogP contribution in [0.15, 0.2) is 23.1 Å². The summed E-state index contributed by atoms with van der Waals surface area (Å²) in [7, 11) is 0. The Kier molecular flexibility index (Phi) is 14.3. The maximum atomic E-state index is 12.6. The van der Waals surface area contributed by atoms with E-state index in [1.807, 2.05) is 70.3 Å². The minimum atomic E-state index is 0.0577. The average Bonchev–Trinajstić information content (AvgIpc) is 2.88. The fourth-order valence-electron chi connectivity index (χ4n) is 4.17. The van der Waals surface area contributed by atoms with E-state index in [0.717, 1.165) is 49.8 Å². The van der Waals surface area contributed by atoms with E-state index in [1.165, 1.54) is 19.3 Å². The molecule has 3 heterocycles. The van der Waals surface area contributed by atoms with E-state index in [9.17, 15) is 4.79 Å². The first-order valence-corrected chi connectivity index (χ1v) is 13.9. The van der Waals surface area contributed by atoms with Crippen LogP contribution < -0.4 is 10.9 Å². The Morgan fingerprint density at radius 2 is 1.56 bits per heavy atom. The van der Waals surface area contributed by atoms with Gasteiger partial charge in [-0.25, -0.2) is 4.98 Å². The molecule has 7 heteroatoms. The molecule has 0 spiro atoms. The molecule has 0 unspecified atom stereocenters. The van der Waals surface area contributed by atoms with Crippen molar-refractivity contribution >= 4 is 28.9 Å². The van der Waals surface area contributed by atoms with Gasteiger partial charge in [0.25, 0.3) is 5.56 Å². The zero-order chi connectivity index (χ0) is 23.9. The average molecular weight is 464 g/mol. The number of anilines is 1. The van der Waals surface area contributed by atoms with Crippen LogP contribution in [-0.4, -0.2) is 44.2 Å². The number of rotatable bonds is 4. The second kappa shape index (κ2) is 16.1. The number of aromatic nitrogens is 3. The van der Waals surface area contributed by atoms with Crippen molar-refractivity contribution in [1.82, 2.24) is 18.8 Å². The second-order valence-corrected chi connectivity index (χ2v) is 8.22. The smallest absolute Gasteiger partial charge is 0.252 e. The van der Waals surface area contributed by atoms with Crippen molar-refractivity contribution in [3.05, 3.63) is 28.7 Å². The van der Waals surface area contributed by atoms with Crippen LogP contribution in [0.3, 0.4) is 0 Å². The number of nitrogens with zero attached hydrogens (tertiary/aromatic N) is 4. The van der Waals surface area contributed by atoms with E-state index in [2.05, 4.69) is 20.9 Å². The van der Waals surface area contributed by atoms with Gasteiger partial charge in [-0.15, -0.1) is 0 Å². The van der Waals surface area contributed by atoms with Crippen molar-refractivity contribution in [2.75, 3.05) is 24.7 Å². The number of nitrogens with one attached hydrogen (secondary N) is 1. The van der Waals surface area contributed by atoms with Gasteiger partial charge in [-0.3, -0.25) is 13.7 Å². The summed E-state index contributed by atoms with van der Waals surface area (Å²) in [4.78, 5) is 21.8.